The van der Waals surface area contributed by atoms with Gasteiger partial charge >= 0.3 is 122 Å². The Morgan fingerprint density at radius 2 is 2.24 bits per heavy atom. The Labute approximate surface area is 121 Å². The zero-order valence-corrected chi connectivity index (χ0v) is 13.9. The zero-order valence-electron chi connectivity index (χ0n) is 9.56. The van der Waals surface area contributed by atoms with E-state index in [9.17, 15) is 0 Å². The van der Waals surface area contributed by atoms with Crippen molar-refractivity contribution >= 4 is 18.6 Å². The van der Waals surface area contributed by atoms with Crippen LogP contribution in [0.15, 0.2) is 18.2 Å². The van der Waals surface area contributed by atoms with E-state index in [0.717, 1.165) is 12.2 Å². The van der Waals surface area contributed by atoms with Crippen LogP contribution in [-0.4, -0.2) is 9.97 Å². The van der Waals surface area contributed by atoms with Gasteiger partial charge in [-0.1, -0.05) is 0 Å². The molecule has 2 nitrogen and oxygen atoms in total. The summed E-state index contributed by atoms with van der Waals surface area (Å²) in [5, 5.41) is 0. The van der Waals surface area contributed by atoms with E-state index in [4.69, 9.17) is 0 Å². The van der Waals surface area contributed by atoms with Gasteiger partial charge in [-0.15, -0.1) is 0 Å². The van der Waals surface area contributed by atoms with Crippen LogP contribution in [0.5, 0.6) is 0 Å². The molecule has 0 unspecified atom stereocenters. The molecule has 0 atom stereocenters. The van der Waals surface area contributed by atoms with Gasteiger partial charge in [-0.2, -0.15) is 0 Å². The molecule has 1 aliphatic rings. The van der Waals surface area contributed by atoms with E-state index in [1.54, 1.807) is 0 Å². The Morgan fingerprint density at radius 3 is 3.06 bits per heavy atom. The molecule has 17 heavy (non-hydrogen) atoms. The van der Waals surface area contributed by atoms with Gasteiger partial charge in [-0.3, -0.25) is 0 Å². The van der Waals surface area contributed by atoms with Crippen molar-refractivity contribution in [2.24, 2.45) is 0 Å². The van der Waals surface area contributed by atoms with Crippen LogP contribution < -0.4 is 17.2 Å². The summed E-state index contributed by atoms with van der Waals surface area (Å²) in [6.45, 7) is 2.04. The molecule has 0 bridgehead atoms. The molecular weight excluding hydrogens is 438 g/mol. The summed E-state index contributed by atoms with van der Waals surface area (Å²) in [5.74, 6) is 1.04. The fourth-order valence-corrected chi connectivity index (χ4v) is 4.96. The second-order valence-electron chi connectivity index (χ2n) is 4.38. The third-order valence-electron chi connectivity index (χ3n) is 3.17. The summed E-state index contributed by atoms with van der Waals surface area (Å²) in [6.07, 6.45) is 3.54. The number of aromatic amines is 1. The van der Waals surface area contributed by atoms with Crippen LogP contribution >= 0.6 is 18.6 Å². The molecule has 0 saturated heterocycles. The number of hydrogen-bond acceptors (Lipinski definition) is 1. The van der Waals surface area contributed by atoms with Crippen molar-refractivity contribution in [3.8, 4) is 11.3 Å². The van der Waals surface area contributed by atoms with Crippen LogP contribution in [0.4, 0.5) is 0 Å². The van der Waals surface area contributed by atoms with E-state index in [1.807, 2.05) is 6.92 Å². The fourth-order valence-electron chi connectivity index (χ4n) is 2.44. The van der Waals surface area contributed by atoms with Gasteiger partial charge in [0.25, 0.3) is 0 Å². The molecule has 0 saturated carbocycles. The second-order valence-corrected chi connectivity index (χ2v) is 8.76. The molecule has 1 heterocycles. The van der Waals surface area contributed by atoms with Gasteiger partial charge in [-0.25, -0.2) is 0 Å². The standard InChI is InChI=1S/C13H13I2N2/c1-8-16-12-4-2-3-9-7-10(15-14)5-6-11(9)13(12)17-8/h5-7H,2-4H2,1H3,(H,16,17)/q-1. The molecule has 1 aromatic heterocycles. The Morgan fingerprint density at radius 1 is 1.35 bits per heavy atom. The Bertz CT molecular complexity index is 561. The predicted molar refractivity (Wildman–Crippen MR) is 73.5 cm³/mol. The van der Waals surface area contributed by atoms with Gasteiger partial charge in [0.15, 0.2) is 0 Å². The van der Waals surface area contributed by atoms with Crippen LogP contribution in [0.1, 0.15) is 23.5 Å². The average Bonchev–Trinajstić information content (AvgIpc) is 2.62. The molecule has 0 fully saturated rings. The first-order valence-electron chi connectivity index (χ1n) is 5.72. The van der Waals surface area contributed by atoms with Crippen LogP contribution in [-0.2, 0) is 12.8 Å². The van der Waals surface area contributed by atoms with Crippen molar-refractivity contribution in [2.75, 3.05) is 0 Å². The SMILES string of the molecule is Cc1nc2c([nH]1)CCCc1cc([I-]I)ccc1-2. The molecule has 1 N–H and O–H groups in total. The number of fused-ring (bicyclic) bond motifs is 3. The van der Waals surface area contributed by atoms with Gasteiger partial charge < -0.3 is 0 Å². The number of nitrogens with one attached hydrogen (secondary N) is 1. The molecule has 0 spiro atoms. The predicted octanol–water partition coefficient (Wildman–Crippen LogP) is 0.482. The first-order chi connectivity index (χ1) is 8.28. The number of rotatable bonds is 1. The van der Waals surface area contributed by atoms with Crippen molar-refractivity contribution in [3.63, 3.8) is 0 Å². The Kier molecular flexibility index (Phi) is 3.43. The van der Waals surface area contributed by atoms with Crippen molar-refractivity contribution in [1.82, 2.24) is 9.97 Å². The number of hydrogen-bond donors (Lipinski definition) is 1. The summed E-state index contributed by atoms with van der Waals surface area (Å²) in [7, 11) is 0. The Balaban J connectivity index is 2.18. The van der Waals surface area contributed by atoms with Crippen LogP contribution in [0.3, 0.4) is 0 Å². The second kappa shape index (κ2) is 4.87. The minimum absolute atomic E-state index is 0.162. The first-order valence-corrected chi connectivity index (χ1v) is 13.1. The number of imidazole rings is 1. The summed E-state index contributed by atoms with van der Waals surface area (Å²) in [6, 6.07) is 6.94. The molecule has 0 amide bonds. The molecule has 0 aliphatic heterocycles. The van der Waals surface area contributed by atoms with Gasteiger partial charge in [0.2, 0.25) is 0 Å². The molecular formula is C13H13I2N2-. The number of halogens is 2. The van der Waals surface area contributed by atoms with Crippen LogP contribution in [0.25, 0.3) is 11.3 Å². The Hall–Kier alpha value is -0.110. The van der Waals surface area contributed by atoms with E-state index in [0.29, 0.717) is 0 Å². The maximum absolute atomic E-state index is 4.66. The van der Waals surface area contributed by atoms with Crippen LogP contribution in [0, 0.1) is 10.5 Å². The third kappa shape index (κ3) is 2.25. The van der Waals surface area contributed by atoms with Gasteiger partial charge in [0, 0.05) is 0 Å². The number of H-pyrrole nitrogens is 1. The number of aryl methyl sites for hydroxylation is 3. The minimum atomic E-state index is 0.162. The molecule has 0 radical (unpaired) electrons. The van der Waals surface area contributed by atoms with E-state index in [1.165, 1.54) is 38.9 Å². The van der Waals surface area contributed by atoms with E-state index in [-0.39, 0.29) is 17.2 Å². The number of aromatic nitrogens is 2. The van der Waals surface area contributed by atoms with Gasteiger partial charge in [-0.05, 0) is 0 Å². The summed E-state index contributed by atoms with van der Waals surface area (Å²) in [4.78, 5) is 8.06. The number of nitrogens with zero attached hydrogens (tertiary/aromatic N) is 1. The topological polar surface area (TPSA) is 28.7 Å². The van der Waals surface area contributed by atoms with Crippen LogP contribution in [0.2, 0.25) is 0 Å². The van der Waals surface area contributed by atoms with E-state index >= 15 is 0 Å². The van der Waals surface area contributed by atoms with E-state index in [2.05, 4.69) is 46.8 Å². The molecule has 3 rings (SSSR count). The zero-order chi connectivity index (χ0) is 11.8. The fraction of sp³-hybridized carbons (Fsp3) is 0.308. The third-order valence-corrected chi connectivity index (χ3v) is 7.47. The van der Waals surface area contributed by atoms with Crippen molar-refractivity contribution in [2.45, 2.75) is 26.2 Å². The van der Waals surface area contributed by atoms with Gasteiger partial charge in [0.1, 0.15) is 0 Å². The number of benzene rings is 1. The van der Waals surface area contributed by atoms with Crippen molar-refractivity contribution in [3.05, 3.63) is 38.9 Å². The van der Waals surface area contributed by atoms with Gasteiger partial charge in [0.05, 0.1) is 0 Å². The quantitative estimate of drug-likeness (QED) is 0.629. The first kappa shape index (κ1) is 12.0. The monoisotopic (exact) mass is 451 g/mol. The summed E-state index contributed by atoms with van der Waals surface area (Å²) in [5.41, 5.74) is 5.34. The summed E-state index contributed by atoms with van der Waals surface area (Å²) < 4.78 is 1.53. The van der Waals surface area contributed by atoms with Crippen molar-refractivity contribution in [1.29, 1.82) is 0 Å². The van der Waals surface area contributed by atoms with E-state index < -0.39 is 0 Å². The molecule has 90 valence electrons. The molecule has 4 heteroatoms. The molecule has 2 aromatic rings. The van der Waals surface area contributed by atoms with Crippen molar-refractivity contribution < 1.29 is 17.2 Å². The maximum atomic E-state index is 4.66. The normalized spacial score (nSPS) is 14.2. The summed E-state index contributed by atoms with van der Waals surface area (Å²) >= 11 is 2.69. The molecule has 1 aromatic carbocycles. The average molecular weight is 451 g/mol. The molecule has 1 aliphatic carbocycles.